The summed E-state index contributed by atoms with van der Waals surface area (Å²) >= 11 is 0. The van der Waals surface area contributed by atoms with Gasteiger partial charge >= 0.3 is 47.0 Å². The Morgan fingerprint density at radius 2 is 1.25 bits per heavy atom. The summed E-state index contributed by atoms with van der Waals surface area (Å²) in [6.45, 7) is 0. The molecule has 0 saturated carbocycles. The molecule has 0 bridgehead atoms. The number of rotatable bonds is 0. The normalized spacial score (nSPS) is 0. The van der Waals surface area contributed by atoms with Gasteiger partial charge in [-0.25, -0.2) is 0 Å². The Bertz CT molecular complexity index is 13.5. The van der Waals surface area contributed by atoms with Crippen LogP contribution in [-0.4, -0.2) is 47.0 Å². The van der Waals surface area contributed by atoms with E-state index in [2.05, 4.69) is 0 Å². The second-order valence-electron chi connectivity index (χ2n) is 0. The van der Waals surface area contributed by atoms with Gasteiger partial charge in [-0.05, 0) is 0 Å². The molecule has 0 atom stereocenters. The van der Waals surface area contributed by atoms with E-state index in [1.165, 1.54) is 0 Å². The van der Waals surface area contributed by atoms with Gasteiger partial charge in [-0.15, -0.1) is 0 Å². The first-order valence-corrected chi connectivity index (χ1v) is 0. The summed E-state index contributed by atoms with van der Waals surface area (Å²) in [6, 6.07) is 0. The van der Waals surface area contributed by atoms with E-state index >= 15 is 0 Å². The Kier molecular flexibility index (Phi) is 103. The predicted molar refractivity (Wildman–Crippen MR) is 16.5 cm³/mol. The zero-order valence-electron chi connectivity index (χ0n) is 4.49. The second kappa shape index (κ2) is 16.0. The second-order valence-corrected chi connectivity index (χ2v) is 0. The van der Waals surface area contributed by atoms with Gasteiger partial charge in [0.15, 0.2) is 0 Å². The maximum absolute atomic E-state index is 0. The van der Waals surface area contributed by atoms with Crippen LogP contribution in [0.15, 0.2) is 0 Å². The van der Waals surface area contributed by atoms with Gasteiger partial charge in [0, 0.05) is 58.9 Å². The quantitative estimate of drug-likeness (QED) is 0.497. The maximum atomic E-state index is 0. The third-order valence-corrected chi connectivity index (χ3v) is 0. The Morgan fingerprint density at radius 1 is 1.25 bits per heavy atom. The molecule has 17 valence electrons. The molecule has 0 nitrogen and oxygen atoms in total. The van der Waals surface area contributed by atoms with E-state index in [0.717, 1.165) is 0 Å². The monoisotopic (exact) mass is 327 g/mol. The van der Waals surface area contributed by atoms with Crippen LogP contribution in [0.25, 0.3) is 0 Å². The topological polar surface area (TPSA) is 0 Å². The van der Waals surface area contributed by atoms with Gasteiger partial charge in [-0.1, -0.05) is 0 Å². The van der Waals surface area contributed by atoms with E-state index in [4.69, 9.17) is 0 Å². The molecule has 0 aliphatic rings. The standard InChI is InChI=1S/Mg.Sn.Y.Zr.4H/q+2;;;;;;2*-1. The molecule has 0 N–H and O–H groups in total. The molecular weight excluding hydrogens is 323 g/mol. The van der Waals surface area contributed by atoms with Crippen molar-refractivity contribution in [2.24, 2.45) is 0 Å². The molecule has 0 amide bonds. The van der Waals surface area contributed by atoms with Gasteiger partial charge in [0.1, 0.15) is 0 Å². The van der Waals surface area contributed by atoms with Crippen molar-refractivity contribution in [3.05, 3.63) is 0 Å². The third-order valence-electron chi connectivity index (χ3n) is 0. The summed E-state index contributed by atoms with van der Waals surface area (Å²) in [5.41, 5.74) is 0. The number of hydrogen-bond donors (Lipinski definition) is 0. The molecule has 3 radical (unpaired) electrons. The van der Waals surface area contributed by atoms with Crippen LogP contribution in [-0.2, 0) is 58.9 Å². The van der Waals surface area contributed by atoms with Crippen molar-refractivity contribution >= 4 is 47.0 Å². The van der Waals surface area contributed by atoms with Crippen molar-refractivity contribution in [2.45, 2.75) is 0 Å². The van der Waals surface area contributed by atoms with Gasteiger partial charge in [0.05, 0.1) is 0 Å². The molecule has 0 aromatic carbocycles. The molecular formula is H4MgSnYZr. The average Bonchev–Trinajstić information content (AvgIpc) is 0. The fourth-order valence-corrected chi connectivity index (χ4v) is 0. The van der Waals surface area contributed by atoms with Gasteiger partial charge in [-0.3, -0.25) is 0 Å². The van der Waals surface area contributed by atoms with Crippen molar-refractivity contribution in [2.75, 3.05) is 0 Å². The molecule has 0 aromatic heterocycles. The fourth-order valence-electron chi connectivity index (χ4n) is 0. The van der Waals surface area contributed by atoms with E-state index in [0.29, 0.717) is 0 Å². The molecule has 0 heterocycles. The first kappa shape index (κ1) is 25.7. The van der Waals surface area contributed by atoms with E-state index in [1.54, 1.807) is 0 Å². The van der Waals surface area contributed by atoms with Gasteiger partial charge in [0.25, 0.3) is 0 Å². The first-order chi connectivity index (χ1) is 0. The van der Waals surface area contributed by atoms with Crippen molar-refractivity contribution in [1.29, 1.82) is 0 Å². The molecule has 0 aliphatic carbocycles. The maximum Gasteiger partial charge on any atom is 0 e. The number of hydrogen-bond acceptors (Lipinski definition) is 0. The van der Waals surface area contributed by atoms with Crippen LogP contribution >= 0.6 is 0 Å². The zero-order chi connectivity index (χ0) is 0. The van der Waals surface area contributed by atoms with Crippen LogP contribution in [0.1, 0.15) is 2.85 Å². The van der Waals surface area contributed by atoms with Crippen molar-refractivity contribution < 1.29 is 61.8 Å². The fraction of sp³-hybridized carbons (Fsp3) is 0. The Morgan fingerprint density at radius 3 is 1.25 bits per heavy atom. The molecule has 0 unspecified atom stereocenters. The predicted octanol–water partition coefficient (Wildman–Crippen LogP) is -1.08. The average molecular weight is 327 g/mol. The molecule has 0 spiro atoms. The smallest absolute Gasteiger partial charge is 0 e. The van der Waals surface area contributed by atoms with Crippen molar-refractivity contribution in [3.8, 4) is 0 Å². The van der Waals surface area contributed by atoms with Crippen molar-refractivity contribution in [1.82, 2.24) is 0 Å². The third kappa shape index (κ3) is 9.12. The molecule has 0 aromatic rings. The van der Waals surface area contributed by atoms with Gasteiger partial charge in [-0.2, -0.15) is 0 Å². The van der Waals surface area contributed by atoms with Crippen LogP contribution in [0, 0.1) is 0 Å². The summed E-state index contributed by atoms with van der Waals surface area (Å²) in [7, 11) is 0. The van der Waals surface area contributed by atoms with Crippen LogP contribution < -0.4 is 0 Å². The molecule has 0 fully saturated rings. The Balaban J connectivity index is 0. The minimum atomic E-state index is 0. The Labute approximate surface area is 106 Å². The molecule has 4 heavy (non-hydrogen) atoms. The van der Waals surface area contributed by atoms with E-state index in [-0.39, 0.29) is 109 Å². The van der Waals surface area contributed by atoms with E-state index in [9.17, 15) is 0 Å². The molecule has 0 aliphatic heterocycles. The van der Waals surface area contributed by atoms with Crippen LogP contribution in [0.4, 0.5) is 0 Å². The summed E-state index contributed by atoms with van der Waals surface area (Å²) < 4.78 is 0. The zero-order valence-corrected chi connectivity index (χ0v) is 13.2. The largest absolute Gasteiger partial charge is 0 e. The Hall–Kier alpha value is 3.55. The van der Waals surface area contributed by atoms with Crippen LogP contribution in [0.3, 0.4) is 0 Å². The minimum Gasteiger partial charge on any atom is 0 e. The van der Waals surface area contributed by atoms with E-state index < -0.39 is 0 Å². The molecule has 0 rings (SSSR count). The first-order valence-electron chi connectivity index (χ1n) is 0. The van der Waals surface area contributed by atoms with Gasteiger partial charge in [0.2, 0.25) is 0 Å². The molecule has 0 saturated heterocycles. The summed E-state index contributed by atoms with van der Waals surface area (Å²) in [4.78, 5) is 0. The van der Waals surface area contributed by atoms with Crippen molar-refractivity contribution in [3.63, 3.8) is 0 Å². The summed E-state index contributed by atoms with van der Waals surface area (Å²) in [5, 5.41) is 0. The minimum absolute atomic E-state index is 0. The van der Waals surface area contributed by atoms with Crippen LogP contribution in [0.2, 0.25) is 0 Å². The SMILES string of the molecule is [H-].[H-].[Mg+2].[SnH2].[Y].[Zr]. The molecule has 4 heteroatoms. The van der Waals surface area contributed by atoms with Gasteiger partial charge < -0.3 is 2.85 Å². The summed E-state index contributed by atoms with van der Waals surface area (Å²) in [5.74, 6) is 0. The van der Waals surface area contributed by atoms with Crippen LogP contribution in [0.5, 0.6) is 0 Å². The summed E-state index contributed by atoms with van der Waals surface area (Å²) in [6.07, 6.45) is 0. The van der Waals surface area contributed by atoms with E-state index in [1.807, 2.05) is 0 Å².